The van der Waals surface area contributed by atoms with Crippen LogP contribution in [0.2, 0.25) is 0 Å². The Balaban J connectivity index is 1.87. The number of hydrogen-bond donors (Lipinski definition) is 1. The van der Waals surface area contributed by atoms with Gasteiger partial charge in [0.1, 0.15) is 7.85 Å². The van der Waals surface area contributed by atoms with Crippen LogP contribution >= 0.6 is 0 Å². The van der Waals surface area contributed by atoms with Gasteiger partial charge in [0.25, 0.3) is 0 Å². The number of pyridine rings is 1. The maximum absolute atomic E-state index is 4.88. The molecule has 0 radical (unpaired) electrons. The molecule has 0 unspecified atom stereocenters. The van der Waals surface area contributed by atoms with Crippen molar-refractivity contribution in [1.29, 1.82) is 0 Å². The van der Waals surface area contributed by atoms with Gasteiger partial charge in [-0.15, -0.1) is 0 Å². The third-order valence-corrected chi connectivity index (χ3v) is 4.46. The first-order chi connectivity index (χ1) is 12.3. The summed E-state index contributed by atoms with van der Waals surface area (Å²) >= 11 is 0. The summed E-state index contributed by atoms with van der Waals surface area (Å²) in [6.45, 7) is 1.03. The van der Waals surface area contributed by atoms with Crippen molar-refractivity contribution in [2.24, 2.45) is 0 Å². The lowest BCUT2D eigenvalue weighted by atomic mass is 9.94. The second-order valence-electron chi connectivity index (χ2n) is 6.45. The van der Waals surface area contributed by atoms with Crippen LogP contribution in [-0.4, -0.2) is 26.4 Å². The van der Waals surface area contributed by atoms with E-state index in [1.54, 1.807) is 0 Å². The molecule has 126 valence electrons. The van der Waals surface area contributed by atoms with Gasteiger partial charge in [0.05, 0.1) is 11.2 Å². The van der Waals surface area contributed by atoms with Gasteiger partial charge in [-0.25, -0.2) is 4.98 Å². The lowest BCUT2D eigenvalue weighted by Gasteiger charge is -2.09. The van der Waals surface area contributed by atoms with Gasteiger partial charge in [-0.2, -0.15) is 0 Å². The Morgan fingerprint density at radius 3 is 2.56 bits per heavy atom. The summed E-state index contributed by atoms with van der Waals surface area (Å²) in [6, 6.07) is 19.3. The zero-order valence-corrected chi connectivity index (χ0v) is 15.1. The highest BCUT2D eigenvalue weighted by atomic mass is 14.8. The van der Waals surface area contributed by atoms with E-state index in [9.17, 15) is 0 Å². The number of nitrogens with one attached hydrogen (secondary N) is 1. The molecule has 0 atom stereocenters. The van der Waals surface area contributed by atoms with E-state index in [4.69, 9.17) is 4.98 Å². The summed E-state index contributed by atoms with van der Waals surface area (Å²) in [5.41, 5.74) is 5.97. The van der Waals surface area contributed by atoms with Crippen molar-refractivity contribution in [2.75, 3.05) is 13.6 Å². The Morgan fingerprint density at radius 2 is 1.76 bits per heavy atom. The van der Waals surface area contributed by atoms with Crippen molar-refractivity contribution in [3.8, 4) is 11.3 Å². The number of allylic oxidation sites excluding steroid dienone is 1. The van der Waals surface area contributed by atoms with Crippen molar-refractivity contribution in [1.82, 2.24) is 10.3 Å². The first-order valence-corrected chi connectivity index (χ1v) is 9.03. The molecule has 0 aliphatic heterocycles. The standard InChI is InChI=1S/C22H25BN2/c1-24-15-7-3-2-4-8-18-16-22(17-11-13-19(23)14-12-17)25-21-10-6-5-9-20(18)21/h2-3,5-6,9-14,16,24H,4,7-8,15,23H2,1H3/b3-2-. The quantitative estimate of drug-likeness (QED) is 0.409. The third-order valence-electron chi connectivity index (χ3n) is 4.46. The average molecular weight is 328 g/mol. The van der Waals surface area contributed by atoms with Gasteiger partial charge in [0.15, 0.2) is 0 Å². The molecule has 0 fully saturated rings. The third kappa shape index (κ3) is 4.58. The second kappa shape index (κ2) is 8.64. The molecule has 0 aliphatic rings. The maximum Gasteiger partial charge on any atom is 0.139 e. The van der Waals surface area contributed by atoms with Crippen molar-refractivity contribution < 1.29 is 0 Å². The number of para-hydroxylation sites is 1. The summed E-state index contributed by atoms with van der Waals surface area (Å²) in [6.07, 6.45) is 7.74. The molecule has 3 heteroatoms. The summed E-state index contributed by atoms with van der Waals surface area (Å²) in [5, 5.41) is 4.44. The predicted molar refractivity (Wildman–Crippen MR) is 111 cm³/mol. The fourth-order valence-electron chi connectivity index (χ4n) is 3.03. The summed E-state index contributed by atoms with van der Waals surface area (Å²) < 4.78 is 0. The van der Waals surface area contributed by atoms with Crippen molar-refractivity contribution in [2.45, 2.75) is 19.3 Å². The molecule has 2 nitrogen and oxygen atoms in total. The van der Waals surface area contributed by atoms with Crippen molar-refractivity contribution in [3.63, 3.8) is 0 Å². The predicted octanol–water partition coefficient (Wildman–Crippen LogP) is 3.26. The number of benzene rings is 2. The van der Waals surface area contributed by atoms with E-state index >= 15 is 0 Å². The Hall–Kier alpha value is -2.39. The fraction of sp³-hybridized carbons (Fsp3) is 0.227. The van der Waals surface area contributed by atoms with Crippen LogP contribution in [0.4, 0.5) is 0 Å². The zero-order chi connectivity index (χ0) is 17.5. The number of aryl methyl sites for hydroxylation is 1. The molecule has 0 amide bonds. The van der Waals surface area contributed by atoms with Crippen LogP contribution in [0.1, 0.15) is 18.4 Å². The first kappa shape index (κ1) is 17.4. The van der Waals surface area contributed by atoms with Crippen molar-refractivity contribution >= 4 is 24.2 Å². The lowest BCUT2D eigenvalue weighted by molar-refractivity contribution is 0.805. The molecule has 0 saturated heterocycles. The normalized spacial score (nSPS) is 11.4. The highest BCUT2D eigenvalue weighted by Gasteiger charge is 2.07. The van der Waals surface area contributed by atoms with Gasteiger partial charge in [0, 0.05) is 10.9 Å². The number of rotatable bonds is 7. The number of hydrogen-bond acceptors (Lipinski definition) is 2. The SMILES string of the molecule is Bc1ccc(-c2cc(CC/C=C\CCNC)c3ccccc3n2)cc1. The van der Waals surface area contributed by atoms with Gasteiger partial charge in [-0.05, 0) is 50.6 Å². The van der Waals surface area contributed by atoms with Gasteiger partial charge in [-0.3, -0.25) is 0 Å². The molecule has 0 spiro atoms. The van der Waals surface area contributed by atoms with Crippen LogP contribution in [0, 0.1) is 0 Å². The molecule has 3 rings (SSSR count). The molecule has 0 saturated carbocycles. The van der Waals surface area contributed by atoms with Gasteiger partial charge in [0.2, 0.25) is 0 Å². The van der Waals surface area contributed by atoms with E-state index in [1.165, 1.54) is 22.0 Å². The Kier molecular flexibility index (Phi) is 6.02. The van der Waals surface area contributed by atoms with Crippen molar-refractivity contribution in [3.05, 3.63) is 72.3 Å². The molecule has 1 heterocycles. The zero-order valence-electron chi connectivity index (χ0n) is 15.1. The van der Waals surface area contributed by atoms with Gasteiger partial charge < -0.3 is 5.32 Å². The van der Waals surface area contributed by atoms with E-state index < -0.39 is 0 Å². The van der Waals surface area contributed by atoms with Crippen LogP contribution in [0.3, 0.4) is 0 Å². The first-order valence-electron chi connectivity index (χ1n) is 9.03. The second-order valence-corrected chi connectivity index (χ2v) is 6.45. The van der Waals surface area contributed by atoms with Crippen LogP contribution in [0.25, 0.3) is 22.2 Å². The minimum Gasteiger partial charge on any atom is -0.319 e. The van der Waals surface area contributed by atoms with Crippen LogP contribution in [-0.2, 0) is 6.42 Å². The fourth-order valence-corrected chi connectivity index (χ4v) is 3.03. The molecule has 1 aromatic heterocycles. The molecular formula is C22H25BN2. The van der Waals surface area contributed by atoms with Gasteiger partial charge in [-0.1, -0.05) is 60.1 Å². The molecule has 3 aromatic rings. The van der Waals surface area contributed by atoms with E-state index in [-0.39, 0.29) is 0 Å². The van der Waals surface area contributed by atoms with Gasteiger partial charge >= 0.3 is 0 Å². The topological polar surface area (TPSA) is 24.9 Å². The number of fused-ring (bicyclic) bond motifs is 1. The number of nitrogens with zero attached hydrogens (tertiary/aromatic N) is 1. The molecule has 1 N–H and O–H groups in total. The Bertz CT molecular complexity index is 854. The minimum absolute atomic E-state index is 1.03. The van der Waals surface area contributed by atoms with Crippen LogP contribution in [0.5, 0.6) is 0 Å². The molecule has 0 bridgehead atoms. The summed E-state index contributed by atoms with van der Waals surface area (Å²) in [7, 11) is 4.10. The lowest BCUT2D eigenvalue weighted by Crippen LogP contribution is -2.05. The monoisotopic (exact) mass is 328 g/mol. The maximum atomic E-state index is 4.88. The Morgan fingerprint density at radius 1 is 1.00 bits per heavy atom. The van der Waals surface area contributed by atoms with Crippen LogP contribution in [0.15, 0.2) is 66.7 Å². The van der Waals surface area contributed by atoms with E-state index in [0.29, 0.717) is 0 Å². The van der Waals surface area contributed by atoms with E-state index in [2.05, 4.69) is 79.9 Å². The molecule has 25 heavy (non-hydrogen) atoms. The highest BCUT2D eigenvalue weighted by molar-refractivity contribution is 6.32. The number of aromatic nitrogens is 1. The van der Waals surface area contributed by atoms with E-state index in [1.807, 2.05) is 7.05 Å². The van der Waals surface area contributed by atoms with Crippen LogP contribution < -0.4 is 10.8 Å². The van der Waals surface area contributed by atoms with E-state index in [0.717, 1.165) is 37.0 Å². The summed E-state index contributed by atoms with van der Waals surface area (Å²) in [4.78, 5) is 4.88. The smallest absolute Gasteiger partial charge is 0.139 e. The molecule has 0 aliphatic carbocycles. The largest absolute Gasteiger partial charge is 0.319 e. The summed E-state index contributed by atoms with van der Waals surface area (Å²) in [5.74, 6) is 0. The molecule has 2 aromatic carbocycles. The minimum atomic E-state index is 1.03. The molecular weight excluding hydrogens is 303 g/mol. The average Bonchev–Trinajstić information content (AvgIpc) is 2.65. The highest BCUT2D eigenvalue weighted by Crippen LogP contribution is 2.25. The Labute approximate surface area is 151 Å².